The highest BCUT2D eigenvalue weighted by molar-refractivity contribution is 7.09. The molecule has 0 saturated heterocycles. The number of carbonyl (C=O) groups is 2. The van der Waals surface area contributed by atoms with Crippen molar-refractivity contribution >= 4 is 23.2 Å². The predicted octanol–water partition coefficient (Wildman–Crippen LogP) is 1.57. The number of amides is 2. The van der Waals surface area contributed by atoms with E-state index in [2.05, 4.69) is 10.6 Å². The molecule has 2 N–H and O–H groups in total. The van der Waals surface area contributed by atoms with E-state index in [4.69, 9.17) is 0 Å². The smallest absolute Gasteiger partial charge is 0.239 e. The number of nitrogens with one attached hydrogen (secondary N) is 2. The van der Waals surface area contributed by atoms with Gasteiger partial charge in [-0.2, -0.15) is 0 Å². The summed E-state index contributed by atoms with van der Waals surface area (Å²) in [6.07, 6.45) is 0.830. The Kier molecular flexibility index (Phi) is 5.34. The lowest BCUT2D eigenvalue weighted by Crippen LogP contribution is -2.42. The quantitative estimate of drug-likeness (QED) is 0.851. The van der Waals surface area contributed by atoms with E-state index >= 15 is 0 Å². The van der Waals surface area contributed by atoms with Crippen LogP contribution in [0.4, 0.5) is 0 Å². The maximum absolute atomic E-state index is 11.5. The Morgan fingerprint density at radius 3 is 2.56 bits per heavy atom. The molecule has 18 heavy (non-hydrogen) atoms. The summed E-state index contributed by atoms with van der Waals surface area (Å²) in [5, 5.41) is 7.41. The van der Waals surface area contributed by atoms with Crippen LogP contribution in [0, 0.1) is 5.41 Å². The van der Waals surface area contributed by atoms with Crippen LogP contribution in [-0.4, -0.2) is 24.9 Å². The highest BCUT2D eigenvalue weighted by Crippen LogP contribution is 2.11. The molecule has 4 nitrogen and oxygen atoms in total. The van der Waals surface area contributed by atoms with Crippen molar-refractivity contribution in [3.8, 4) is 0 Å². The zero-order valence-corrected chi connectivity index (χ0v) is 11.9. The zero-order valence-electron chi connectivity index (χ0n) is 11.1. The molecule has 1 rings (SSSR count). The Morgan fingerprint density at radius 2 is 2.00 bits per heavy atom. The molecule has 0 saturated carbocycles. The van der Waals surface area contributed by atoms with Crippen molar-refractivity contribution in [3.05, 3.63) is 22.4 Å². The summed E-state index contributed by atoms with van der Waals surface area (Å²) >= 11 is 1.68. The molecule has 0 aliphatic heterocycles. The number of thiophene rings is 1. The maximum Gasteiger partial charge on any atom is 0.239 e. The van der Waals surface area contributed by atoms with Crippen LogP contribution in [-0.2, 0) is 16.0 Å². The Morgan fingerprint density at radius 1 is 1.28 bits per heavy atom. The van der Waals surface area contributed by atoms with Crippen LogP contribution in [0.5, 0.6) is 0 Å². The average Bonchev–Trinajstić information content (AvgIpc) is 2.77. The molecule has 0 atom stereocenters. The van der Waals surface area contributed by atoms with Crippen molar-refractivity contribution in [1.82, 2.24) is 10.6 Å². The van der Waals surface area contributed by atoms with Crippen molar-refractivity contribution in [2.24, 2.45) is 5.41 Å². The molecule has 0 spiro atoms. The van der Waals surface area contributed by atoms with Gasteiger partial charge in [0.1, 0.15) is 0 Å². The minimum atomic E-state index is -0.461. The van der Waals surface area contributed by atoms with E-state index in [9.17, 15) is 9.59 Å². The third kappa shape index (κ3) is 5.31. The Balaban J connectivity index is 2.16. The molecule has 1 heterocycles. The van der Waals surface area contributed by atoms with Crippen LogP contribution in [0.2, 0.25) is 0 Å². The van der Waals surface area contributed by atoms with Gasteiger partial charge in [0.15, 0.2) is 0 Å². The van der Waals surface area contributed by atoms with E-state index in [-0.39, 0.29) is 18.4 Å². The van der Waals surface area contributed by atoms with Gasteiger partial charge in [0.25, 0.3) is 0 Å². The Hall–Kier alpha value is -1.36. The third-order valence-corrected chi connectivity index (χ3v) is 3.30. The third-order valence-electron chi connectivity index (χ3n) is 2.36. The lowest BCUT2D eigenvalue weighted by molar-refractivity contribution is -0.131. The highest BCUT2D eigenvalue weighted by atomic mass is 32.1. The van der Waals surface area contributed by atoms with Gasteiger partial charge in [0.05, 0.1) is 6.54 Å². The Bertz CT molecular complexity index is 394. The fraction of sp³-hybridized carbons (Fsp3) is 0.538. The first-order valence-corrected chi connectivity index (χ1v) is 6.85. The van der Waals surface area contributed by atoms with E-state index in [0.29, 0.717) is 6.54 Å². The highest BCUT2D eigenvalue weighted by Gasteiger charge is 2.21. The van der Waals surface area contributed by atoms with Crippen LogP contribution < -0.4 is 10.6 Å². The van der Waals surface area contributed by atoms with Crippen LogP contribution in [0.25, 0.3) is 0 Å². The van der Waals surface area contributed by atoms with Gasteiger partial charge < -0.3 is 10.6 Å². The van der Waals surface area contributed by atoms with Crippen LogP contribution in [0.1, 0.15) is 25.6 Å². The summed E-state index contributed by atoms with van der Waals surface area (Å²) in [5.41, 5.74) is -0.461. The molecule has 5 heteroatoms. The topological polar surface area (TPSA) is 58.2 Å². The number of rotatable bonds is 5. The van der Waals surface area contributed by atoms with Gasteiger partial charge in [-0.15, -0.1) is 11.3 Å². The fourth-order valence-electron chi connectivity index (χ4n) is 1.27. The van der Waals surface area contributed by atoms with Gasteiger partial charge in [-0.1, -0.05) is 26.8 Å². The molecule has 0 aromatic carbocycles. The van der Waals surface area contributed by atoms with Crippen molar-refractivity contribution in [2.75, 3.05) is 13.1 Å². The number of carbonyl (C=O) groups excluding carboxylic acids is 2. The molecule has 0 aliphatic rings. The normalized spacial score (nSPS) is 11.1. The molecule has 0 aliphatic carbocycles. The second kappa shape index (κ2) is 6.54. The monoisotopic (exact) mass is 268 g/mol. The molecule has 2 amide bonds. The van der Waals surface area contributed by atoms with Crippen molar-refractivity contribution < 1.29 is 9.59 Å². The number of hydrogen-bond donors (Lipinski definition) is 2. The molecule has 1 aromatic heterocycles. The zero-order chi connectivity index (χ0) is 13.6. The fourth-order valence-corrected chi connectivity index (χ4v) is 1.98. The maximum atomic E-state index is 11.5. The van der Waals surface area contributed by atoms with E-state index in [1.165, 1.54) is 4.88 Å². The van der Waals surface area contributed by atoms with Gasteiger partial charge >= 0.3 is 0 Å². The van der Waals surface area contributed by atoms with E-state index in [0.717, 1.165) is 6.42 Å². The minimum Gasteiger partial charge on any atom is -0.354 e. The molecule has 0 radical (unpaired) electrons. The first-order valence-electron chi connectivity index (χ1n) is 5.97. The summed E-state index contributed by atoms with van der Waals surface area (Å²) in [7, 11) is 0. The molecular weight excluding hydrogens is 248 g/mol. The van der Waals surface area contributed by atoms with Gasteiger partial charge in [-0.3, -0.25) is 9.59 Å². The first-order chi connectivity index (χ1) is 8.39. The van der Waals surface area contributed by atoms with E-state index < -0.39 is 5.41 Å². The molecule has 0 fully saturated rings. The van der Waals surface area contributed by atoms with Gasteiger partial charge in [0.2, 0.25) is 11.8 Å². The Labute approximate surface area is 112 Å². The summed E-state index contributed by atoms with van der Waals surface area (Å²) < 4.78 is 0. The molecule has 1 aromatic rings. The van der Waals surface area contributed by atoms with Gasteiger partial charge in [-0.25, -0.2) is 0 Å². The summed E-state index contributed by atoms with van der Waals surface area (Å²) in [6, 6.07) is 4.03. The molecule has 0 bridgehead atoms. The van der Waals surface area contributed by atoms with Crippen molar-refractivity contribution in [2.45, 2.75) is 27.2 Å². The molecule has 0 unspecified atom stereocenters. The molecule has 100 valence electrons. The SMILES string of the molecule is CC(C)(C)C(=O)NCC(=O)NCCc1cccs1. The standard InChI is InChI=1S/C13H20N2O2S/c1-13(2,3)12(17)15-9-11(16)14-7-6-10-5-4-8-18-10/h4-5,8H,6-7,9H2,1-3H3,(H,14,16)(H,15,17). The van der Waals surface area contributed by atoms with E-state index in [1.54, 1.807) is 11.3 Å². The second-order valence-corrected chi connectivity index (χ2v) is 6.14. The summed E-state index contributed by atoms with van der Waals surface area (Å²) in [5.74, 6) is -0.264. The largest absolute Gasteiger partial charge is 0.354 e. The first kappa shape index (κ1) is 14.7. The van der Waals surface area contributed by atoms with Gasteiger partial charge in [-0.05, 0) is 17.9 Å². The lowest BCUT2D eigenvalue weighted by atomic mass is 9.96. The number of hydrogen-bond acceptors (Lipinski definition) is 3. The van der Waals surface area contributed by atoms with Crippen molar-refractivity contribution in [3.63, 3.8) is 0 Å². The van der Waals surface area contributed by atoms with Gasteiger partial charge in [0, 0.05) is 16.8 Å². The van der Waals surface area contributed by atoms with E-state index in [1.807, 2.05) is 38.3 Å². The van der Waals surface area contributed by atoms with Crippen LogP contribution in [0.3, 0.4) is 0 Å². The van der Waals surface area contributed by atoms with Crippen molar-refractivity contribution in [1.29, 1.82) is 0 Å². The molecular formula is C13H20N2O2S. The predicted molar refractivity (Wildman–Crippen MR) is 73.5 cm³/mol. The minimum absolute atomic E-state index is 0.0422. The lowest BCUT2D eigenvalue weighted by Gasteiger charge is -2.17. The summed E-state index contributed by atoms with van der Waals surface area (Å²) in [6.45, 7) is 6.09. The summed E-state index contributed by atoms with van der Waals surface area (Å²) in [4.78, 5) is 24.3. The average molecular weight is 268 g/mol. The van der Waals surface area contributed by atoms with Crippen LogP contribution >= 0.6 is 11.3 Å². The van der Waals surface area contributed by atoms with Crippen LogP contribution in [0.15, 0.2) is 17.5 Å². The second-order valence-electron chi connectivity index (χ2n) is 5.11.